The van der Waals surface area contributed by atoms with Crippen LogP contribution in [0.25, 0.3) is 0 Å². The monoisotopic (exact) mass is 334 g/mol. The molecule has 2 rings (SSSR count). The van der Waals surface area contributed by atoms with Crippen molar-refractivity contribution in [1.29, 1.82) is 0 Å². The summed E-state index contributed by atoms with van der Waals surface area (Å²) in [6, 6.07) is 5.93. The summed E-state index contributed by atoms with van der Waals surface area (Å²) in [7, 11) is 5.03. The largest absolute Gasteiger partial charge is 0.494 e. The highest BCUT2D eigenvalue weighted by molar-refractivity contribution is 5.84. The van der Waals surface area contributed by atoms with Crippen LogP contribution in [0.15, 0.2) is 18.2 Å². The highest BCUT2D eigenvalue weighted by atomic mass is 16.5. The summed E-state index contributed by atoms with van der Waals surface area (Å²) in [6.07, 6.45) is 1.60. The van der Waals surface area contributed by atoms with E-state index in [1.165, 1.54) is 7.11 Å². The lowest BCUT2D eigenvalue weighted by Crippen LogP contribution is -2.32. The number of fused-ring (bicyclic) bond motifs is 1. The number of carbonyl (C=O) groups excluding carboxylic acids is 2. The van der Waals surface area contributed by atoms with Crippen molar-refractivity contribution in [3.05, 3.63) is 29.3 Å². The molecule has 0 saturated heterocycles. The molecule has 6 nitrogen and oxygen atoms in total. The maximum atomic E-state index is 12.5. The number of hydrogen-bond donors (Lipinski definition) is 1. The zero-order chi connectivity index (χ0) is 17.5. The van der Waals surface area contributed by atoms with E-state index in [0.717, 1.165) is 29.8 Å². The Bertz CT molecular complexity index is 588. The summed E-state index contributed by atoms with van der Waals surface area (Å²) >= 11 is 0. The third-order valence-electron chi connectivity index (χ3n) is 4.26. The molecule has 6 heteroatoms. The Labute approximate surface area is 143 Å². The summed E-state index contributed by atoms with van der Waals surface area (Å²) in [5.74, 6) is 0.0750. The Morgan fingerprint density at radius 2 is 2.17 bits per heavy atom. The lowest BCUT2D eigenvalue weighted by atomic mass is 9.94. The van der Waals surface area contributed by atoms with E-state index < -0.39 is 0 Å². The molecule has 1 heterocycles. The molecule has 1 aliphatic heterocycles. The maximum absolute atomic E-state index is 12.5. The van der Waals surface area contributed by atoms with Gasteiger partial charge < -0.3 is 19.7 Å². The molecule has 0 aliphatic carbocycles. The van der Waals surface area contributed by atoms with Gasteiger partial charge in [0.25, 0.3) is 0 Å². The van der Waals surface area contributed by atoms with Gasteiger partial charge in [-0.05, 0) is 49.7 Å². The second kappa shape index (κ2) is 8.68. The Balaban J connectivity index is 2.11. The van der Waals surface area contributed by atoms with E-state index in [4.69, 9.17) is 9.47 Å². The van der Waals surface area contributed by atoms with Gasteiger partial charge in [-0.3, -0.25) is 9.59 Å². The van der Waals surface area contributed by atoms with Crippen LogP contribution in [0.3, 0.4) is 0 Å². The molecule has 1 aliphatic rings. The molecule has 0 spiro atoms. The molecule has 0 bridgehead atoms. The normalized spacial score (nSPS) is 17.2. The predicted molar refractivity (Wildman–Crippen MR) is 90.8 cm³/mol. The van der Waals surface area contributed by atoms with Crippen LogP contribution in [0, 0.1) is 5.92 Å². The number of ether oxygens (including phenoxy) is 2. The van der Waals surface area contributed by atoms with Crippen LogP contribution < -0.4 is 10.1 Å². The summed E-state index contributed by atoms with van der Waals surface area (Å²) in [6.45, 7) is 2.09. The van der Waals surface area contributed by atoms with Crippen molar-refractivity contribution in [3.8, 4) is 5.75 Å². The van der Waals surface area contributed by atoms with Gasteiger partial charge >= 0.3 is 5.97 Å². The summed E-state index contributed by atoms with van der Waals surface area (Å²) in [5, 5.41) is 3.09. The number of nitrogens with one attached hydrogen (secondary N) is 1. The van der Waals surface area contributed by atoms with Crippen molar-refractivity contribution in [3.63, 3.8) is 0 Å². The van der Waals surface area contributed by atoms with Gasteiger partial charge in [-0.2, -0.15) is 0 Å². The van der Waals surface area contributed by atoms with E-state index in [1.807, 2.05) is 25.2 Å². The van der Waals surface area contributed by atoms with E-state index >= 15 is 0 Å². The lowest BCUT2D eigenvalue weighted by molar-refractivity contribution is -0.146. The molecule has 1 amide bonds. The van der Waals surface area contributed by atoms with Crippen molar-refractivity contribution < 1.29 is 19.1 Å². The molecule has 0 saturated carbocycles. The number of hydrogen-bond acceptors (Lipinski definition) is 5. The minimum Gasteiger partial charge on any atom is -0.494 e. The molecule has 1 N–H and O–H groups in total. The third-order valence-corrected chi connectivity index (χ3v) is 4.26. The molecule has 0 fully saturated rings. The first-order chi connectivity index (χ1) is 11.5. The standard InChI is InChI=1S/C18H26N2O4/c1-19-7-4-8-24-16-6-5-13-9-14(11-17(21)23-3)18(22)20(2)12-15(13)10-16/h5-6,10,14,19H,4,7-9,11-12H2,1-3H3. The van der Waals surface area contributed by atoms with Crippen molar-refractivity contribution in [2.75, 3.05) is 34.4 Å². The number of amides is 1. The van der Waals surface area contributed by atoms with Gasteiger partial charge in [0.15, 0.2) is 0 Å². The van der Waals surface area contributed by atoms with Crippen molar-refractivity contribution in [2.24, 2.45) is 5.92 Å². The van der Waals surface area contributed by atoms with Crippen molar-refractivity contribution >= 4 is 11.9 Å². The van der Waals surface area contributed by atoms with Gasteiger partial charge in [-0.1, -0.05) is 6.07 Å². The van der Waals surface area contributed by atoms with E-state index in [1.54, 1.807) is 11.9 Å². The quantitative estimate of drug-likeness (QED) is 0.602. The molecule has 1 atom stereocenters. The Morgan fingerprint density at radius 1 is 1.38 bits per heavy atom. The summed E-state index contributed by atoms with van der Waals surface area (Å²) in [5.41, 5.74) is 2.16. The second-order valence-electron chi connectivity index (χ2n) is 6.11. The molecule has 0 aromatic heterocycles. The SMILES string of the molecule is CNCCCOc1ccc2c(c1)CN(C)C(=O)C(CC(=O)OC)C2. The van der Waals surface area contributed by atoms with Gasteiger partial charge in [0.2, 0.25) is 5.91 Å². The van der Waals surface area contributed by atoms with Crippen LogP contribution in [0.4, 0.5) is 0 Å². The minimum atomic E-state index is -0.369. The number of esters is 1. The van der Waals surface area contributed by atoms with Gasteiger partial charge in [-0.15, -0.1) is 0 Å². The van der Waals surface area contributed by atoms with Crippen molar-refractivity contribution in [2.45, 2.75) is 25.8 Å². The topological polar surface area (TPSA) is 67.9 Å². The lowest BCUT2D eigenvalue weighted by Gasteiger charge is -2.19. The Morgan fingerprint density at radius 3 is 2.88 bits per heavy atom. The van der Waals surface area contributed by atoms with Crippen LogP contribution in [-0.4, -0.2) is 51.1 Å². The smallest absolute Gasteiger partial charge is 0.306 e. The fraction of sp³-hybridized carbons (Fsp3) is 0.556. The van der Waals surface area contributed by atoms with Crippen LogP contribution in [0.2, 0.25) is 0 Å². The highest BCUT2D eigenvalue weighted by Crippen LogP contribution is 2.27. The fourth-order valence-corrected chi connectivity index (χ4v) is 2.92. The zero-order valence-corrected chi connectivity index (χ0v) is 14.6. The first-order valence-corrected chi connectivity index (χ1v) is 8.26. The fourth-order valence-electron chi connectivity index (χ4n) is 2.92. The Hall–Kier alpha value is -2.08. The maximum Gasteiger partial charge on any atom is 0.306 e. The number of rotatable bonds is 7. The van der Waals surface area contributed by atoms with Crippen LogP contribution >= 0.6 is 0 Å². The van der Waals surface area contributed by atoms with Crippen LogP contribution in [0.1, 0.15) is 24.0 Å². The predicted octanol–water partition coefficient (Wildman–Crippen LogP) is 1.37. The summed E-state index contributed by atoms with van der Waals surface area (Å²) in [4.78, 5) is 25.7. The molecular formula is C18H26N2O4. The number of methoxy groups -OCH3 is 1. The molecule has 1 aromatic carbocycles. The van der Waals surface area contributed by atoms with E-state index in [0.29, 0.717) is 19.6 Å². The Kier molecular flexibility index (Phi) is 6.61. The number of benzene rings is 1. The van der Waals surface area contributed by atoms with Crippen LogP contribution in [0.5, 0.6) is 5.75 Å². The third kappa shape index (κ3) is 4.71. The van der Waals surface area contributed by atoms with E-state index in [2.05, 4.69) is 5.32 Å². The zero-order valence-electron chi connectivity index (χ0n) is 14.6. The average Bonchev–Trinajstić information content (AvgIpc) is 2.69. The minimum absolute atomic E-state index is 0.0203. The van der Waals surface area contributed by atoms with E-state index in [-0.39, 0.29) is 24.2 Å². The number of carbonyl (C=O) groups is 2. The summed E-state index contributed by atoms with van der Waals surface area (Å²) < 4.78 is 10.5. The van der Waals surface area contributed by atoms with Crippen molar-refractivity contribution in [1.82, 2.24) is 10.2 Å². The van der Waals surface area contributed by atoms with Gasteiger partial charge in [0.05, 0.1) is 26.1 Å². The van der Waals surface area contributed by atoms with Gasteiger partial charge in [0, 0.05) is 13.6 Å². The van der Waals surface area contributed by atoms with E-state index in [9.17, 15) is 9.59 Å². The van der Waals surface area contributed by atoms with Crippen LogP contribution in [-0.2, 0) is 27.3 Å². The molecular weight excluding hydrogens is 308 g/mol. The van der Waals surface area contributed by atoms with Gasteiger partial charge in [0.1, 0.15) is 5.75 Å². The number of nitrogens with zero attached hydrogens (tertiary/aromatic N) is 1. The molecule has 1 unspecified atom stereocenters. The molecule has 132 valence electrons. The molecule has 24 heavy (non-hydrogen) atoms. The van der Waals surface area contributed by atoms with Gasteiger partial charge in [-0.25, -0.2) is 0 Å². The molecule has 1 aromatic rings. The second-order valence-corrected chi connectivity index (χ2v) is 6.11. The molecule has 0 radical (unpaired) electrons. The first kappa shape index (κ1) is 18.3. The first-order valence-electron chi connectivity index (χ1n) is 8.26. The average molecular weight is 334 g/mol. The highest BCUT2D eigenvalue weighted by Gasteiger charge is 2.29.